The highest BCUT2D eigenvalue weighted by atomic mass is 32.2. The van der Waals surface area contributed by atoms with Crippen LogP contribution in [0.3, 0.4) is 0 Å². The maximum atomic E-state index is 12.6. The molecule has 3 fully saturated rings. The lowest BCUT2D eigenvalue weighted by molar-refractivity contribution is -0.134. The van der Waals surface area contributed by atoms with E-state index in [1.54, 1.807) is 0 Å². The van der Waals surface area contributed by atoms with Crippen molar-refractivity contribution in [2.24, 2.45) is 28.6 Å². The zero-order valence-corrected chi connectivity index (χ0v) is 16.6. The van der Waals surface area contributed by atoms with Crippen molar-refractivity contribution < 1.29 is 19.8 Å². The first-order valence-electron chi connectivity index (χ1n) is 10.0. The van der Waals surface area contributed by atoms with E-state index in [1.165, 1.54) is 17.3 Å². The van der Waals surface area contributed by atoms with Crippen molar-refractivity contribution in [1.82, 2.24) is 0 Å². The third kappa shape index (κ3) is 2.69. The molecule has 0 heterocycles. The van der Waals surface area contributed by atoms with E-state index >= 15 is 0 Å². The van der Waals surface area contributed by atoms with Gasteiger partial charge >= 0.3 is 5.97 Å². The molecule has 5 heteroatoms. The molecule has 0 amide bonds. The first kappa shape index (κ1) is 18.5. The molecule has 0 spiro atoms. The minimum atomic E-state index is -0.775. The van der Waals surface area contributed by atoms with Gasteiger partial charge in [-0.05, 0) is 61.7 Å². The standard InChI is InChI=1S/C21H30O4S/c1-20-7-5-13(22)9-12(20)10-16(26-11-18(24)25)19-14-3-4-17(23)21(14,2)8-6-15(19)20/h10,13-16,19,22H,3-9,11H2,1-2H3,(H,24,25)/t13-,14?,15?,16+,19?,20-,21-/m0/s1. The van der Waals surface area contributed by atoms with Crippen molar-refractivity contribution in [3.8, 4) is 0 Å². The van der Waals surface area contributed by atoms with Crippen molar-refractivity contribution in [3.63, 3.8) is 0 Å². The summed E-state index contributed by atoms with van der Waals surface area (Å²) in [5.74, 6) is 1.01. The number of ketones is 1. The highest BCUT2D eigenvalue weighted by Crippen LogP contribution is 2.65. The van der Waals surface area contributed by atoms with Crippen molar-refractivity contribution in [1.29, 1.82) is 0 Å². The Labute approximate surface area is 159 Å². The molecule has 3 unspecified atom stereocenters. The molecule has 2 N–H and O–H groups in total. The topological polar surface area (TPSA) is 74.6 Å². The van der Waals surface area contributed by atoms with Crippen molar-refractivity contribution in [2.45, 2.75) is 70.1 Å². The minimum absolute atomic E-state index is 0.105. The summed E-state index contributed by atoms with van der Waals surface area (Å²) in [7, 11) is 0. The van der Waals surface area contributed by atoms with E-state index in [-0.39, 0.29) is 27.9 Å². The van der Waals surface area contributed by atoms with Crippen LogP contribution in [0.1, 0.15) is 58.8 Å². The number of aliphatic carboxylic acids is 1. The van der Waals surface area contributed by atoms with Crippen LogP contribution in [0.2, 0.25) is 0 Å². The van der Waals surface area contributed by atoms with Crippen LogP contribution in [0.25, 0.3) is 0 Å². The second-order valence-corrected chi connectivity index (χ2v) is 10.6. The average Bonchev–Trinajstić information content (AvgIpc) is 2.89. The van der Waals surface area contributed by atoms with Gasteiger partial charge in [0.25, 0.3) is 0 Å². The average molecular weight is 379 g/mol. The molecule has 0 bridgehead atoms. The zero-order valence-electron chi connectivity index (χ0n) is 15.7. The van der Waals surface area contributed by atoms with Gasteiger partial charge in [0.05, 0.1) is 11.9 Å². The normalized spacial score (nSPS) is 47.6. The predicted octanol–water partition coefficient (Wildman–Crippen LogP) is 3.68. The number of Topliss-reactive ketones (excluding diaryl/α,β-unsaturated/α-hetero) is 1. The van der Waals surface area contributed by atoms with Crippen LogP contribution >= 0.6 is 11.8 Å². The van der Waals surface area contributed by atoms with Gasteiger partial charge in [0, 0.05) is 17.1 Å². The van der Waals surface area contributed by atoms with E-state index < -0.39 is 5.97 Å². The number of aliphatic hydroxyl groups is 1. The summed E-state index contributed by atoms with van der Waals surface area (Å²) in [6.07, 6.45) is 8.29. The molecule has 0 aromatic heterocycles. The fraction of sp³-hybridized carbons (Fsp3) is 0.810. The first-order valence-corrected chi connectivity index (χ1v) is 11.1. The second kappa shape index (κ2) is 6.37. The summed E-state index contributed by atoms with van der Waals surface area (Å²) in [5, 5.41) is 19.6. The van der Waals surface area contributed by atoms with Crippen molar-refractivity contribution in [3.05, 3.63) is 11.6 Å². The largest absolute Gasteiger partial charge is 0.481 e. The molecule has 4 rings (SSSR count). The molecule has 4 aliphatic carbocycles. The van der Waals surface area contributed by atoms with Gasteiger partial charge in [-0.15, -0.1) is 11.8 Å². The maximum Gasteiger partial charge on any atom is 0.313 e. The second-order valence-electron chi connectivity index (χ2n) is 9.38. The third-order valence-electron chi connectivity index (χ3n) is 8.19. The Kier molecular flexibility index (Phi) is 4.54. The van der Waals surface area contributed by atoms with Gasteiger partial charge in [-0.25, -0.2) is 0 Å². The van der Waals surface area contributed by atoms with Gasteiger partial charge in [0.15, 0.2) is 0 Å². The Morgan fingerprint density at radius 1 is 1.19 bits per heavy atom. The molecule has 144 valence electrons. The van der Waals surface area contributed by atoms with Crippen molar-refractivity contribution >= 4 is 23.5 Å². The Morgan fingerprint density at radius 2 is 1.88 bits per heavy atom. The summed E-state index contributed by atoms with van der Waals surface area (Å²) in [5.41, 5.74) is 1.24. The summed E-state index contributed by atoms with van der Waals surface area (Å²) in [6, 6.07) is 0. The van der Waals surface area contributed by atoms with Crippen LogP contribution in [0.15, 0.2) is 11.6 Å². The number of hydrogen-bond acceptors (Lipinski definition) is 4. The van der Waals surface area contributed by atoms with Gasteiger partial charge in [0.1, 0.15) is 5.78 Å². The van der Waals surface area contributed by atoms with E-state index in [2.05, 4.69) is 19.9 Å². The van der Waals surface area contributed by atoms with Crippen LogP contribution in [0.5, 0.6) is 0 Å². The Bertz CT molecular complexity index is 658. The number of thioether (sulfide) groups is 1. The van der Waals surface area contributed by atoms with Crippen LogP contribution in [0, 0.1) is 28.6 Å². The Morgan fingerprint density at radius 3 is 2.62 bits per heavy atom. The highest BCUT2D eigenvalue weighted by Gasteiger charge is 2.60. The third-order valence-corrected chi connectivity index (χ3v) is 9.44. The van der Waals surface area contributed by atoms with E-state index in [0.717, 1.165) is 38.5 Å². The number of carbonyl (C=O) groups excluding carboxylic acids is 1. The van der Waals surface area contributed by atoms with E-state index in [1.807, 2.05) is 0 Å². The summed E-state index contributed by atoms with van der Waals surface area (Å²) < 4.78 is 0. The summed E-state index contributed by atoms with van der Waals surface area (Å²) in [4.78, 5) is 23.8. The molecule has 0 aliphatic heterocycles. The van der Waals surface area contributed by atoms with Crippen LogP contribution in [-0.2, 0) is 9.59 Å². The number of rotatable bonds is 3. The highest BCUT2D eigenvalue weighted by molar-refractivity contribution is 8.00. The number of aliphatic hydroxyl groups excluding tert-OH is 1. The molecule has 0 aromatic carbocycles. The molecule has 3 saturated carbocycles. The monoisotopic (exact) mass is 378 g/mol. The molecule has 4 nitrogen and oxygen atoms in total. The smallest absolute Gasteiger partial charge is 0.313 e. The van der Waals surface area contributed by atoms with Crippen molar-refractivity contribution in [2.75, 3.05) is 5.75 Å². The molecule has 7 atom stereocenters. The first-order chi connectivity index (χ1) is 12.3. The molecule has 0 radical (unpaired) electrons. The number of hydrogen-bond donors (Lipinski definition) is 2. The van der Waals surface area contributed by atoms with E-state index in [0.29, 0.717) is 30.0 Å². The van der Waals surface area contributed by atoms with E-state index in [4.69, 9.17) is 0 Å². The zero-order chi connectivity index (χ0) is 18.7. The lowest BCUT2D eigenvalue weighted by atomic mass is 9.48. The van der Waals surface area contributed by atoms with Gasteiger partial charge in [-0.3, -0.25) is 9.59 Å². The number of fused-ring (bicyclic) bond motifs is 5. The minimum Gasteiger partial charge on any atom is -0.481 e. The van der Waals surface area contributed by atoms with Crippen LogP contribution in [-0.4, -0.2) is 39.1 Å². The number of carboxylic acids is 1. The van der Waals surface area contributed by atoms with Crippen LogP contribution in [0.4, 0.5) is 0 Å². The quantitative estimate of drug-likeness (QED) is 0.733. The van der Waals surface area contributed by atoms with E-state index in [9.17, 15) is 19.8 Å². The Balaban J connectivity index is 1.74. The molecule has 4 aliphatic rings. The van der Waals surface area contributed by atoms with Crippen LogP contribution < -0.4 is 0 Å². The Hall–Kier alpha value is -0.810. The molecular weight excluding hydrogens is 348 g/mol. The maximum absolute atomic E-state index is 12.6. The molecule has 0 saturated heterocycles. The fourth-order valence-electron chi connectivity index (χ4n) is 6.70. The summed E-state index contributed by atoms with van der Waals surface area (Å²) >= 11 is 1.53. The molecule has 26 heavy (non-hydrogen) atoms. The number of carboxylic acid groups (broad SMARTS) is 1. The van der Waals surface area contributed by atoms with Gasteiger partial charge in [-0.1, -0.05) is 25.5 Å². The molecule has 0 aromatic rings. The van der Waals surface area contributed by atoms with Gasteiger partial charge in [0.2, 0.25) is 0 Å². The lowest BCUT2D eigenvalue weighted by Crippen LogP contribution is -2.54. The fourth-order valence-corrected chi connectivity index (χ4v) is 7.90. The SMILES string of the molecule is C[C@]12CC[C@H](O)CC1=C[C@@H](SCC(=O)O)C1C2CC[C@]2(C)C(=O)CCC12. The summed E-state index contributed by atoms with van der Waals surface area (Å²) in [6.45, 7) is 4.52. The number of carbonyl (C=O) groups is 2. The molecular formula is C21H30O4S. The van der Waals surface area contributed by atoms with Gasteiger partial charge in [-0.2, -0.15) is 0 Å². The predicted molar refractivity (Wildman–Crippen MR) is 102 cm³/mol. The van der Waals surface area contributed by atoms with Gasteiger partial charge < -0.3 is 10.2 Å². The lowest BCUT2D eigenvalue weighted by Gasteiger charge is -2.58.